The lowest BCUT2D eigenvalue weighted by Gasteiger charge is -2.23. The fourth-order valence-electron chi connectivity index (χ4n) is 3.94. The van der Waals surface area contributed by atoms with Crippen LogP contribution in [-0.2, 0) is 6.42 Å². The van der Waals surface area contributed by atoms with E-state index in [1.165, 1.54) is 11.3 Å². The number of aryl methyl sites for hydroxylation is 1. The van der Waals surface area contributed by atoms with Gasteiger partial charge in [-0.3, -0.25) is 4.98 Å². The van der Waals surface area contributed by atoms with Gasteiger partial charge in [-0.2, -0.15) is 4.98 Å². The molecule has 5 rings (SSSR count). The molecule has 1 unspecified atom stereocenters. The lowest BCUT2D eigenvalue weighted by Crippen LogP contribution is -2.26. The van der Waals surface area contributed by atoms with Crippen molar-refractivity contribution in [2.45, 2.75) is 26.3 Å². The first-order valence-electron chi connectivity index (χ1n) is 9.52. The summed E-state index contributed by atoms with van der Waals surface area (Å²) in [5.74, 6) is 1.50. The van der Waals surface area contributed by atoms with Crippen LogP contribution >= 0.6 is 0 Å². The molecule has 3 heterocycles. The molecule has 0 aliphatic carbocycles. The lowest BCUT2D eigenvalue weighted by atomic mass is 10.1. The average Bonchev–Trinajstić information content (AvgIpc) is 3.03. The normalized spacial score (nSPS) is 15.6. The highest BCUT2D eigenvalue weighted by atomic mass is 15.3. The van der Waals surface area contributed by atoms with Crippen LogP contribution in [0.15, 0.2) is 66.9 Å². The summed E-state index contributed by atoms with van der Waals surface area (Å²) in [5.41, 5.74) is 5.34. The first-order valence-corrected chi connectivity index (χ1v) is 9.52. The predicted octanol–water partition coefficient (Wildman–Crippen LogP) is 5.16. The van der Waals surface area contributed by atoms with Crippen molar-refractivity contribution >= 4 is 34.0 Å². The third kappa shape index (κ3) is 2.85. The second-order valence-corrected chi connectivity index (χ2v) is 7.25. The Morgan fingerprint density at radius 1 is 1.00 bits per heavy atom. The van der Waals surface area contributed by atoms with Crippen LogP contribution in [0.2, 0.25) is 0 Å². The molecule has 0 radical (unpaired) electrons. The zero-order valence-corrected chi connectivity index (χ0v) is 15.9. The first kappa shape index (κ1) is 16.7. The minimum atomic E-state index is 0.325. The van der Waals surface area contributed by atoms with E-state index >= 15 is 0 Å². The predicted molar refractivity (Wildman–Crippen MR) is 114 cm³/mol. The summed E-state index contributed by atoms with van der Waals surface area (Å²) >= 11 is 0. The molecular weight excluding hydrogens is 346 g/mol. The number of nitrogens with one attached hydrogen (secondary N) is 1. The Bertz CT molecular complexity index is 1170. The molecule has 5 nitrogen and oxygen atoms in total. The van der Waals surface area contributed by atoms with Gasteiger partial charge >= 0.3 is 0 Å². The van der Waals surface area contributed by atoms with E-state index < -0.39 is 0 Å². The summed E-state index contributed by atoms with van der Waals surface area (Å²) < 4.78 is 0. The highest BCUT2D eigenvalue weighted by molar-refractivity contribution is 5.91. The molecule has 0 bridgehead atoms. The van der Waals surface area contributed by atoms with Gasteiger partial charge in [-0.05, 0) is 44.0 Å². The van der Waals surface area contributed by atoms with Crippen molar-refractivity contribution in [1.29, 1.82) is 0 Å². The topological polar surface area (TPSA) is 53.9 Å². The Labute approximate surface area is 164 Å². The monoisotopic (exact) mass is 367 g/mol. The van der Waals surface area contributed by atoms with Crippen molar-refractivity contribution in [3.8, 4) is 0 Å². The van der Waals surface area contributed by atoms with Crippen molar-refractivity contribution in [2.75, 3.05) is 10.2 Å². The highest BCUT2D eigenvalue weighted by Gasteiger charge is 2.29. The van der Waals surface area contributed by atoms with Crippen LogP contribution in [0.25, 0.3) is 10.9 Å². The molecule has 1 atom stereocenters. The first-order chi connectivity index (χ1) is 13.7. The van der Waals surface area contributed by atoms with Gasteiger partial charge in [0.15, 0.2) is 0 Å². The molecule has 0 spiro atoms. The Balaban J connectivity index is 1.55. The molecular formula is C23H21N5. The Morgan fingerprint density at radius 3 is 2.79 bits per heavy atom. The number of nitrogens with zero attached hydrogens (tertiary/aromatic N) is 4. The third-order valence-electron chi connectivity index (χ3n) is 5.16. The van der Waals surface area contributed by atoms with Gasteiger partial charge in [0, 0.05) is 35.1 Å². The molecule has 1 aliphatic heterocycles. The van der Waals surface area contributed by atoms with Gasteiger partial charge in [0.2, 0.25) is 5.95 Å². The Kier molecular flexibility index (Phi) is 3.93. The number of hydrogen-bond donors (Lipinski definition) is 1. The summed E-state index contributed by atoms with van der Waals surface area (Å²) in [6.45, 7) is 4.22. The quantitative estimate of drug-likeness (QED) is 0.542. The fourth-order valence-corrected chi connectivity index (χ4v) is 3.94. The number of hydrogen-bond acceptors (Lipinski definition) is 5. The van der Waals surface area contributed by atoms with E-state index in [0.717, 1.165) is 40.5 Å². The van der Waals surface area contributed by atoms with E-state index in [0.29, 0.717) is 6.04 Å². The Morgan fingerprint density at radius 2 is 1.86 bits per heavy atom. The number of fused-ring (bicyclic) bond motifs is 2. The molecule has 0 amide bonds. The fraction of sp³-hybridized carbons (Fsp3) is 0.174. The largest absolute Gasteiger partial charge is 0.338 e. The zero-order valence-electron chi connectivity index (χ0n) is 15.9. The molecule has 0 saturated carbocycles. The van der Waals surface area contributed by atoms with Gasteiger partial charge in [-0.25, -0.2) is 4.98 Å². The minimum Gasteiger partial charge on any atom is -0.338 e. The Hall–Kier alpha value is -3.47. The van der Waals surface area contributed by atoms with E-state index in [4.69, 9.17) is 9.97 Å². The van der Waals surface area contributed by atoms with Crippen molar-refractivity contribution in [2.24, 2.45) is 0 Å². The van der Waals surface area contributed by atoms with Gasteiger partial charge < -0.3 is 10.2 Å². The van der Waals surface area contributed by atoms with Gasteiger partial charge in [-0.15, -0.1) is 0 Å². The SMILES string of the molecule is Cc1cc(Nc2cccc3cccnc23)nc(N2c3ccccc3CC2C)n1. The van der Waals surface area contributed by atoms with Gasteiger partial charge in [-0.1, -0.05) is 36.4 Å². The molecule has 4 aromatic rings. The van der Waals surface area contributed by atoms with E-state index in [-0.39, 0.29) is 0 Å². The summed E-state index contributed by atoms with van der Waals surface area (Å²) in [6.07, 6.45) is 2.82. The zero-order chi connectivity index (χ0) is 19.1. The molecule has 28 heavy (non-hydrogen) atoms. The van der Waals surface area contributed by atoms with Crippen LogP contribution in [-0.4, -0.2) is 21.0 Å². The molecule has 2 aromatic carbocycles. The molecule has 1 aliphatic rings. The standard InChI is InChI=1S/C23H21N5/c1-15-13-21(26-19-10-5-8-17-9-6-12-24-22(17)19)27-23(25-15)28-16(2)14-18-7-3-4-11-20(18)28/h3-13,16H,14H2,1-2H3,(H,25,26,27). The maximum atomic E-state index is 4.84. The van der Waals surface area contributed by atoms with Crippen molar-refractivity contribution in [3.63, 3.8) is 0 Å². The molecule has 0 fully saturated rings. The molecule has 138 valence electrons. The number of para-hydroxylation sites is 2. The highest BCUT2D eigenvalue weighted by Crippen LogP contribution is 2.37. The van der Waals surface area contributed by atoms with Crippen LogP contribution in [0.4, 0.5) is 23.1 Å². The van der Waals surface area contributed by atoms with E-state index in [1.807, 2.05) is 37.4 Å². The number of anilines is 4. The molecule has 1 N–H and O–H groups in total. The third-order valence-corrected chi connectivity index (χ3v) is 5.16. The summed E-state index contributed by atoms with van der Waals surface area (Å²) in [7, 11) is 0. The van der Waals surface area contributed by atoms with Crippen LogP contribution in [0, 0.1) is 6.92 Å². The molecule has 0 saturated heterocycles. The van der Waals surface area contributed by atoms with E-state index in [9.17, 15) is 0 Å². The molecule has 2 aromatic heterocycles. The maximum Gasteiger partial charge on any atom is 0.232 e. The maximum absolute atomic E-state index is 4.84. The summed E-state index contributed by atoms with van der Waals surface area (Å²) in [4.78, 5) is 16.3. The van der Waals surface area contributed by atoms with Crippen molar-refractivity contribution in [1.82, 2.24) is 15.0 Å². The second kappa shape index (κ2) is 6.60. The van der Waals surface area contributed by atoms with E-state index in [2.05, 4.69) is 58.5 Å². The summed E-state index contributed by atoms with van der Waals surface area (Å²) in [5, 5.41) is 4.55. The smallest absolute Gasteiger partial charge is 0.232 e. The van der Waals surface area contributed by atoms with Crippen molar-refractivity contribution < 1.29 is 0 Å². The van der Waals surface area contributed by atoms with Crippen LogP contribution in [0.5, 0.6) is 0 Å². The van der Waals surface area contributed by atoms with Crippen LogP contribution < -0.4 is 10.2 Å². The van der Waals surface area contributed by atoms with Crippen LogP contribution in [0.3, 0.4) is 0 Å². The van der Waals surface area contributed by atoms with Gasteiger partial charge in [0.05, 0.1) is 11.2 Å². The second-order valence-electron chi connectivity index (χ2n) is 7.25. The lowest BCUT2D eigenvalue weighted by molar-refractivity contribution is 0.738. The average molecular weight is 367 g/mol. The minimum absolute atomic E-state index is 0.325. The number of pyridine rings is 1. The summed E-state index contributed by atoms with van der Waals surface area (Å²) in [6, 6.07) is 20.9. The number of rotatable bonds is 3. The number of aromatic nitrogens is 3. The van der Waals surface area contributed by atoms with E-state index in [1.54, 1.807) is 0 Å². The van der Waals surface area contributed by atoms with Gasteiger partial charge in [0.25, 0.3) is 0 Å². The van der Waals surface area contributed by atoms with Crippen molar-refractivity contribution in [3.05, 3.63) is 78.1 Å². The molecule has 5 heteroatoms. The van der Waals surface area contributed by atoms with Gasteiger partial charge in [0.1, 0.15) is 5.82 Å². The number of benzene rings is 2. The van der Waals surface area contributed by atoms with Crippen LogP contribution in [0.1, 0.15) is 18.2 Å².